The van der Waals surface area contributed by atoms with Crippen LogP contribution in [0.25, 0.3) is 0 Å². The molecule has 1 aromatic carbocycles. The van der Waals surface area contributed by atoms with E-state index < -0.39 is 11.7 Å². The van der Waals surface area contributed by atoms with E-state index >= 15 is 0 Å². The van der Waals surface area contributed by atoms with Gasteiger partial charge in [-0.25, -0.2) is 0 Å². The minimum Gasteiger partial charge on any atom is -0.326 e. The summed E-state index contributed by atoms with van der Waals surface area (Å²) in [5.41, 5.74) is -0.864. The Morgan fingerprint density at radius 2 is 2.00 bits per heavy atom. The molecule has 0 fully saturated rings. The van der Waals surface area contributed by atoms with E-state index in [-0.39, 0.29) is 23.0 Å². The van der Waals surface area contributed by atoms with E-state index in [1.54, 1.807) is 0 Å². The first-order valence-electron chi connectivity index (χ1n) is 6.60. The number of nitrogens with one attached hydrogen (secondary N) is 2. The highest BCUT2D eigenvalue weighted by Gasteiger charge is 2.33. The lowest BCUT2D eigenvalue weighted by Crippen LogP contribution is -2.24. The van der Waals surface area contributed by atoms with Gasteiger partial charge < -0.3 is 10.6 Å². The number of anilines is 1. The van der Waals surface area contributed by atoms with Crippen LogP contribution in [0.15, 0.2) is 18.2 Å². The van der Waals surface area contributed by atoms with Crippen molar-refractivity contribution in [1.82, 2.24) is 5.32 Å². The van der Waals surface area contributed by atoms with Crippen LogP contribution in [-0.2, 0) is 11.0 Å². The number of hydrogen-bond acceptors (Lipinski definition) is 2. The highest BCUT2D eigenvalue weighted by Crippen LogP contribution is 2.36. The molecule has 0 aliphatic carbocycles. The lowest BCUT2D eigenvalue weighted by Gasteiger charge is -2.12. The molecule has 1 amide bonds. The van der Waals surface area contributed by atoms with Gasteiger partial charge in [-0.3, -0.25) is 4.79 Å². The maximum Gasteiger partial charge on any atom is 0.417 e. The summed E-state index contributed by atoms with van der Waals surface area (Å²) in [7, 11) is 0. The summed E-state index contributed by atoms with van der Waals surface area (Å²) in [4.78, 5) is 11.6. The molecule has 1 rings (SSSR count). The molecule has 21 heavy (non-hydrogen) atoms. The van der Waals surface area contributed by atoms with Crippen molar-refractivity contribution in [2.24, 2.45) is 0 Å². The van der Waals surface area contributed by atoms with Gasteiger partial charge in [0.05, 0.1) is 10.6 Å². The average molecular weight is 323 g/mol. The Morgan fingerprint density at radius 3 is 2.57 bits per heavy atom. The molecule has 0 unspecified atom stereocenters. The smallest absolute Gasteiger partial charge is 0.326 e. The van der Waals surface area contributed by atoms with Gasteiger partial charge in [-0.2, -0.15) is 13.2 Å². The van der Waals surface area contributed by atoms with Gasteiger partial charge in [0.2, 0.25) is 5.91 Å². The molecule has 0 atom stereocenters. The molecule has 0 radical (unpaired) electrons. The third-order valence-electron chi connectivity index (χ3n) is 2.69. The Bertz CT molecular complexity index is 490. The largest absolute Gasteiger partial charge is 0.417 e. The Kier molecular flexibility index (Phi) is 6.48. The van der Waals surface area contributed by atoms with Crippen molar-refractivity contribution in [2.75, 3.05) is 11.9 Å². The van der Waals surface area contributed by atoms with Crippen LogP contribution >= 0.6 is 11.6 Å². The summed E-state index contributed by atoms with van der Waals surface area (Å²) < 4.78 is 38.1. The normalized spacial score (nSPS) is 11.8. The summed E-state index contributed by atoms with van der Waals surface area (Å²) in [6.45, 7) is 4.67. The molecule has 2 N–H and O–H groups in total. The number of hydrogen-bond donors (Lipinski definition) is 2. The van der Waals surface area contributed by atoms with Crippen molar-refractivity contribution < 1.29 is 18.0 Å². The maximum atomic E-state index is 12.7. The van der Waals surface area contributed by atoms with Crippen LogP contribution < -0.4 is 10.6 Å². The van der Waals surface area contributed by atoms with Crippen molar-refractivity contribution in [3.63, 3.8) is 0 Å². The fraction of sp³-hybridized carbons (Fsp3) is 0.500. The van der Waals surface area contributed by atoms with E-state index in [2.05, 4.69) is 10.6 Å². The van der Waals surface area contributed by atoms with Crippen LogP contribution in [0.4, 0.5) is 18.9 Å². The third-order valence-corrected chi connectivity index (χ3v) is 3.02. The highest BCUT2D eigenvalue weighted by molar-refractivity contribution is 6.31. The minimum absolute atomic E-state index is 0.0912. The molecule has 0 saturated heterocycles. The molecule has 0 heterocycles. The number of halogens is 4. The van der Waals surface area contributed by atoms with Crippen molar-refractivity contribution >= 4 is 23.2 Å². The maximum absolute atomic E-state index is 12.7. The lowest BCUT2D eigenvalue weighted by atomic mass is 10.2. The van der Waals surface area contributed by atoms with E-state index in [0.29, 0.717) is 19.0 Å². The van der Waals surface area contributed by atoms with Gasteiger partial charge in [0.15, 0.2) is 0 Å². The van der Waals surface area contributed by atoms with Crippen molar-refractivity contribution in [1.29, 1.82) is 0 Å². The van der Waals surface area contributed by atoms with Gasteiger partial charge in [0.1, 0.15) is 0 Å². The van der Waals surface area contributed by atoms with E-state index in [1.165, 1.54) is 6.07 Å². The standard InChI is InChI=1S/C14H18ClF3N2O/c1-9(2)19-7-3-4-13(21)20-10-5-6-12(15)11(8-10)14(16,17)18/h5-6,8-9,19H,3-4,7H2,1-2H3,(H,20,21). The summed E-state index contributed by atoms with van der Waals surface area (Å²) in [6, 6.07) is 3.65. The number of carbonyl (C=O) groups is 1. The topological polar surface area (TPSA) is 41.1 Å². The first-order valence-corrected chi connectivity index (χ1v) is 6.98. The highest BCUT2D eigenvalue weighted by atomic mass is 35.5. The van der Waals surface area contributed by atoms with Crippen molar-refractivity contribution in [3.05, 3.63) is 28.8 Å². The molecule has 0 aliphatic heterocycles. The van der Waals surface area contributed by atoms with Gasteiger partial charge in [-0.1, -0.05) is 25.4 Å². The average Bonchev–Trinajstić information content (AvgIpc) is 2.35. The zero-order valence-corrected chi connectivity index (χ0v) is 12.6. The van der Waals surface area contributed by atoms with Gasteiger partial charge in [0, 0.05) is 18.2 Å². The molecular weight excluding hydrogens is 305 g/mol. The summed E-state index contributed by atoms with van der Waals surface area (Å²) >= 11 is 5.51. The van der Waals surface area contributed by atoms with E-state index in [0.717, 1.165) is 12.1 Å². The molecule has 0 spiro atoms. The van der Waals surface area contributed by atoms with Gasteiger partial charge in [0.25, 0.3) is 0 Å². The van der Waals surface area contributed by atoms with Crippen LogP contribution in [0.3, 0.4) is 0 Å². The molecule has 0 aliphatic rings. The van der Waals surface area contributed by atoms with Crippen LogP contribution in [0, 0.1) is 0 Å². The summed E-state index contributed by atoms with van der Waals surface area (Å²) in [5.74, 6) is -0.323. The van der Waals surface area contributed by atoms with Crippen LogP contribution in [-0.4, -0.2) is 18.5 Å². The second-order valence-electron chi connectivity index (χ2n) is 4.95. The van der Waals surface area contributed by atoms with Crippen LogP contribution in [0.2, 0.25) is 5.02 Å². The van der Waals surface area contributed by atoms with Gasteiger partial charge in [-0.15, -0.1) is 0 Å². The SMILES string of the molecule is CC(C)NCCCC(=O)Nc1ccc(Cl)c(C(F)(F)F)c1. The predicted octanol–water partition coefficient (Wildman–Crippen LogP) is 4.08. The number of amides is 1. The van der Waals surface area contributed by atoms with Gasteiger partial charge >= 0.3 is 6.18 Å². The quantitative estimate of drug-likeness (QED) is 0.775. The second kappa shape index (κ2) is 7.66. The molecular formula is C14H18ClF3N2O. The Hall–Kier alpha value is -1.27. The van der Waals surface area contributed by atoms with E-state index in [4.69, 9.17) is 11.6 Å². The van der Waals surface area contributed by atoms with Crippen LogP contribution in [0.5, 0.6) is 0 Å². The van der Waals surface area contributed by atoms with Crippen LogP contribution in [0.1, 0.15) is 32.3 Å². The number of rotatable bonds is 6. The Morgan fingerprint density at radius 1 is 1.33 bits per heavy atom. The first-order chi connectivity index (χ1) is 9.70. The summed E-state index contributed by atoms with van der Waals surface area (Å²) in [6.07, 6.45) is -3.69. The molecule has 0 saturated carbocycles. The Labute approximate surface area is 126 Å². The number of benzene rings is 1. The first kappa shape index (κ1) is 17.8. The summed E-state index contributed by atoms with van der Waals surface area (Å²) in [5, 5.41) is 5.21. The monoisotopic (exact) mass is 322 g/mol. The van der Waals surface area contributed by atoms with Gasteiger partial charge in [-0.05, 0) is 31.2 Å². The number of alkyl halides is 3. The van der Waals surface area contributed by atoms with E-state index in [1.807, 2.05) is 13.8 Å². The molecule has 7 heteroatoms. The predicted molar refractivity (Wildman–Crippen MR) is 77.5 cm³/mol. The fourth-order valence-corrected chi connectivity index (χ4v) is 1.91. The zero-order valence-electron chi connectivity index (χ0n) is 11.9. The zero-order chi connectivity index (χ0) is 16.0. The molecule has 118 valence electrons. The molecule has 0 bridgehead atoms. The Balaban J connectivity index is 2.57. The lowest BCUT2D eigenvalue weighted by molar-refractivity contribution is -0.137. The molecule has 0 aromatic heterocycles. The molecule has 1 aromatic rings. The fourth-order valence-electron chi connectivity index (χ4n) is 1.68. The molecule has 3 nitrogen and oxygen atoms in total. The van der Waals surface area contributed by atoms with E-state index in [9.17, 15) is 18.0 Å². The minimum atomic E-state index is -4.54. The van der Waals surface area contributed by atoms with Crippen molar-refractivity contribution in [3.8, 4) is 0 Å². The number of carbonyl (C=O) groups excluding carboxylic acids is 1. The van der Waals surface area contributed by atoms with Crippen molar-refractivity contribution in [2.45, 2.75) is 38.9 Å². The second-order valence-corrected chi connectivity index (χ2v) is 5.36. The third kappa shape index (κ3) is 6.35.